The molecule has 6 nitrogen and oxygen atoms in total. The van der Waals surface area contributed by atoms with Gasteiger partial charge in [-0.15, -0.1) is 0 Å². The zero-order valence-corrected chi connectivity index (χ0v) is 15.6. The van der Waals surface area contributed by atoms with Gasteiger partial charge in [-0.25, -0.2) is 14.8 Å². The Balaban J connectivity index is 1.80. The van der Waals surface area contributed by atoms with E-state index in [4.69, 9.17) is 0 Å². The summed E-state index contributed by atoms with van der Waals surface area (Å²) in [4.78, 5) is 25.4. The smallest absolute Gasteiger partial charge is 0.322 e. The third-order valence-corrected chi connectivity index (χ3v) is 4.43. The SMILES string of the molecule is Cc1nc2c(c(N(C)C)n1)CN(C(=O)Nc1cccc(Br)c1)CC2. The van der Waals surface area contributed by atoms with Crippen molar-refractivity contribution >= 4 is 33.5 Å². The van der Waals surface area contributed by atoms with Gasteiger partial charge in [0.05, 0.1) is 12.2 Å². The summed E-state index contributed by atoms with van der Waals surface area (Å²) in [5.41, 5.74) is 2.84. The molecule has 0 saturated heterocycles. The van der Waals surface area contributed by atoms with Gasteiger partial charge in [0.15, 0.2) is 0 Å². The zero-order valence-electron chi connectivity index (χ0n) is 14.0. The molecule has 1 aromatic heterocycles. The first-order chi connectivity index (χ1) is 11.4. The number of rotatable bonds is 2. The lowest BCUT2D eigenvalue weighted by molar-refractivity contribution is 0.206. The van der Waals surface area contributed by atoms with Crippen molar-refractivity contribution in [3.05, 3.63) is 45.8 Å². The maximum absolute atomic E-state index is 12.6. The fourth-order valence-corrected chi connectivity index (χ4v) is 3.23. The Morgan fingerprint density at radius 1 is 1.33 bits per heavy atom. The number of hydrogen-bond acceptors (Lipinski definition) is 4. The summed E-state index contributed by atoms with van der Waals surface area (Å²) < 4.78 is 0.933. The quantitative estimate of drug-likeness (QED) is 0.856. The maximum Gasteiger partial charge on any atom is 0.322 e. The number of carbonyl (C=O) groups is 1. The number of hydrogen-bond donors (Lipinski definition) is 1. The Morgan fingerprint density at radius 2 is 2.12 bits per heavy atom. The molecule has 0 saturated carbocycles. The van der Waals surface area contributed by atoms with E-state index in [9.17, 15) is 4.79 Å². The molecule has 7 heteroatoms. The van der Waals surface area contributed by atoms with Gasteiger partial charge in [0.1, 0.15) is 11.6 Å². The van der Waals surface area contributed by atoms with Crippen LogP contribution in [0.2, 0.25) is 0 Å². The zero-order chi connectivity index (χ0) is 17.3. The van der Waals surface area contributed by atoms with E-state index in [0.717, 1.165) is 39.5 Å². The van der Waals surface area contributed by atoms with Crippen molar-refractivity contribution in [2.45, 2.75) is 19.9 Å². The van der Waals surface area contributed by atoms with Gasteiger partial charge in [0, 0.05) is 42.8 Å². The summed E-state index contributed by atoms with van der Waals surface area (Å²) in [6.07, 6.45) is 0.742. The highest BCUT2D eigenvalue weighted by Crippen LogP contribution is 2.26. The molecule has 0 atom stereocenters. The molecule has 0 bridgehead atoms. The highest BCUT2D eigenvalue weighted by Gasteiger charge is 2.25. The van der Waals surface area contributed by atoms with Crippen LogP contribution in [0.3, 0.4) is 0 Å². The molecule has 0 fully saturated rings. The molecule has 1 aromatic carbocycles. The second-order valence-electron chi connectivity index (χ2n) is 6.03. The summed E-state index contributed by atoms with van der Waals surface area (Å²) >= 11 is 3.41. The summed E-state index contributed by atoms with van der Waals surface area (Å²) in [6.45, 7) is 3.07. The lowest BCUT2D eigenvalue weighted by Gasteiger charge is -2.31. The highest BCUT2D eigenvalue weighted by atomic mass is 79.9. The molecular formula is C17H20BrN5O. The Morgan fingerprint density at radius 3 is 2.83 bits per heavy atom. The Kier molecular flexibility index (Phi) is 4.71. The van der Waals surface area contributed by atoms with Crippen LogP contribution in [0, 0.1) is 6.92 Å². The molecule has 2 amide bonds. The van der Waals surface area contributed by atoms with Crippen LogP contribution < -0.4 is 10.2 Å². The lowest BCUT2D eigenvalue weighted by atomic mass is 10.1. The average Bonchev–Trinajstić information content (AvgIpc) is 2.53. The molecule has 2 aromatic rings. The molecule has 24 heavy (non-hydrogen) atoms. The minimum Gasteiger partial charge on any atom is -0.362 e. The van der Waals surface area contributed by atoms with E-state index < -0.39 is 0 Å². The van der Waals surface area contributed by atoms with Gasteiger partial charge in [-0.1, -0.05) is 22.0 Å². The van der Waals surface area contributed by atoms with Crippen LogP contribution in [0.1, 0.15) is 17.1 Å². The third kappa shape index (κ3) is 3.51. The van der Waals surface area contributed by atoms with E-state index in [2.05, 4.69) is 31.2 Å². The Bertz CT molecular complexity index is 778. The Hall–Kier alpha value is -2.15. The number of carbonyl (C=O) groups excluding carboxylic acids is 1. The molecular weight excluding hydrogens is 370 g/mol. The second kappa shape index (κ2) is 6.76. The van der Waals surface area contributed by atoms with Crippen molar-refractivity contribution in [2.24, 2.45) is 0 Å². The van der Waals surface area contributed by atoms with Gasteiger partial charge < -0.3 is 15.1 Å². The highest BCUT2D eigenvalue weighted by molar-refractivity contribution is 9.10. The van der Waals surface area contributed by atoms with Crippen molar-refractivity contribution in [2.75, 3.05) is 30.9 Å². The number of halogens is 1. The van der Waals surface area contributed by atoms with Crippen LogP contribution in [0.15, 0.2) is 28.7 Å². The van der Waals surface area contributed by atoms with Crippen molar-refractivity contribution < 1.29 is 4.79 Å². The third-order valence-electron chi connectivity index (χ3n) is 3.94. The maximum atomic E-state index is 12.6. The topological polar surface area (TPSA) is 61.4 Å². The first kappa shape index (κ1) is 16.7. The molecule has 0 spiro atoms. The number of anilines is 2. The predicted molar refractivity (Wildman–Crippen MR) is 98.4 cm³/mol. The van der Waals surface area contributed by atoms with E-state index in [-0.39, 0.29) is 6.03 Å². The Labute approximate surface area is 150 Å². The average molecular weight is 390 g/mol. The largest absolute Gasteiger partial charge is 0.362 e. The number of nitrogens with zero attached hydrogens (tertiary/aromatic N) is 4. The molecule has 0 radical (unpaired) electrons. The fourth-order valence-electron chi connectivity index (χ4n) is 2.83. The van der Waals surface area contributed by atoms with Crippen LogP contribution in [-0.4, -0.2) is 41.5 Å². The van der Waals surface area contributed by atoms with Crippen molar-refractivity contribution in [3.63, 3.8) is 0 Å². The molecule has 1 aliphatic heterocycles. The molecule has 0 aliphatic carbocycles. The van der Waals surface area contributed by atoms with Crippen LogP contribution in [0.4, 0.5) is 16.3 Å². The monoisotopic (exact) mass is 389 g/mol. The second-order valence-corrected chi connectivity index (χ2v) is 6.94. The van der Waals surface area contributed by atoms with Gasteiger partial charge >= 0.3 is 6.03 Å². The van der Waals surface area contributed by atoms with Gasteiger partial charge in [-0.2, -0.15) is 0 Å². The number of amides is 2. The first-order valence-electron chi connectivity index (χ1n) is 7.79. The summed E-state index contributed by atoms with van der Waals surface area (Å²) in [6, 6.07) is 7.47. The van der Waals surface area contributed by atoms with Gasteiger partial charge in [0.25, 0.3) is 0 Å². The molecule has 1 aliphatic rings. The summed E-state index contributed by atoms with van der Waals surface area (Å²) in [5, 5.41) is 2.95. The minimum atomic E-state index is -0.107. The fraction of sp³-hybridized carbons (Fsp3) is 0.353. The van der Waals surface area contributed by atoms with E-state index in [1.54, 1.807) is 4.90 Å². The van der Waals surface area contributed by atoms with Crippen molar-refractivity contribution in [3.8, 4) is 0 Å². The van der Waals surface area contributed by atoms with Crippen LogP contribution >= 0.6 is 15.9 Å². The molecule has 0 unspecified atom stereocenters. The molecule has 126 valence electrons. The van der Waals surface area contributed by atoms with Crippen LogP contribution in [0.5, 0.6) is 0 Å². The van der Waals surface area contributed by atoms with E-state index in [1.165, 1.54) is 0 Å². The van der Waals surface area contributed by atoms with Crippen LogP contribution in [0.25, 0.3) is 0 Å². The van der Waals surface area contributed by atoms with Gasteiger partial charge in [0.2, 0.25) is 0 Å². The van der Waals surface area contributed by atoms with Gasteiger partial charge in [-0.05, 0) is 25.1 Å². The summed E-state index contributed by atoms with van der Waals surface area (Å²) in [5.74, 6) is 1.65. The first-order valence-corrected chi connectivity index (χ1v) is 8.58. The minimum absolute atomic E-state index is 0.107. The predicted octanol–water partition coefficient (Wildman–Crippen LogP) is 3.20. The number of aryl methyl sites for hydroxylation is 1. The standard InChI is InChI=1S/C17H20BrN5O/c1-11-19-15-7-8-23(10-14(15)16(20-11)22(2)3)17(24)21-13-6-4-5-12(18)9-13/h4-6,9H,7-8,10H2,1-3H3,(H,21,24). The van der Waals surface area contributed by atoms with Crippen LogP contribution in [-0.2, 0) is 13.0 Å². The van der Waals surface area contributed by atoms with Crippen molar-refractivity contribution in [1.29, 1.82) is 0 Å². The molecule has 2 heterocycles. The number of nitrogens with one attached hydrogen (secondary N) is 1. The number of benzene rings is 1. The number of fused-ring (bicyclic) bond motifs is 1. The molecule has 3 rings (SSSR count). The lowest BCUT2D eigenvalue weighted by Crippen LogP contribution is -2.40. The number of aromatic nitrogens is 2. The van der Waals surface area contributed by atoms with E-state index in [0.29, 0.717) is 13.1 Å². The molecule has 1 N–H and O–H groups in total. The van der Waals surface area contributed by atoms with Gasteiger partial charge in [-0.3, -0.25) is 0 Å². The van der Waals surface area contributed by atoms with E-state index >= 15 is 0 Å². The van der Waals surface area contributed by atoms with E-state index in [1.807, 2.05) is 50.2 Å². The normalized spacial score (nSPS) is 13.4. The number of urea groups is 1. The summed E-state index contributed by atoms with van der Waals surface area (Å²) in [7, 11) is 3.92. The van der Waals surface area contributed by atoms with Crippen molar-refractivity contribution in [1.82, 2.24) is 14.9 Å².